The van der Waals surface area contributed by atoms with E-state index in [1.807, 2.05) is 35.0 Å². The molecule has 3 aromatic rings. The molecule has 0 aliphatic heterocycles. The Morgan fingerprint density at radius 2 is 1.52 bits per heavy atom. The fourth-order valence-corrected chi connectivity index (χ4v) is 3.78. The third-order valence-corrected chi connectivity index (χ3v) is 5.19. The van der Waals surface area contributed by atoms with Crippen molar-refractivity contribution >= 4 is 28.6 Å². The second-order valence-electron chi connectivity index (χ2n) is 5.22. The van der Waals surface area contributed by atoms with E-state index in [0.29, 0.717) is 18.7 Å². The molecule has 0 aliphatic rings. The highest BCUT2D eigenvalue weighted by molar-refractivity contribution is 7.10. The Bertz CT molecular complexity index is 751. The SMILES string of the molecule is O=C(c1ccc(OC(F)F)cc1)N(Cc1cccs1)Cc1cccs1. The number of hydrogen-bond acceptors (Lipinski definition) is 4. The molecule has 0 atom stereocenters. The summed E-state index contributed by atoms with van der Waals surface area (Å²) in [4.78, 5) is 16.8. The molecule has 7 heteroatoms. The van der Waals surface area contributed by atoms with E-state index in [-0.39, 0.29) is 11.7 Å². The lowest BCUT2D eigenvalue weighted by Crippen LogP contribution is -2.29. The highest BCUT2D eigenvalue weighted by atomic mass is 32.1. The smallest absolute Gasteiger partial charge is 0.387 e. The Morgan fingerprint density at radius 1 is 0.960 bits per heavy atom. The Labute approximate surface area is 152 Å². The van der Waals surface area contributed by atoms with Crippen LogP contribution in [0.5, 0.6) is 5.75 Å². The molecule has 0 aliphatic carbocycles. The van der Waals surface area contributed by atoms with Crippen molar-refractivity contribution in [2.24, 2.45) is 0 Å². The molecule has 3 nitrogen and oxygen atoms in total. The zero-order valence-electron chi connectivity index (χ0n) is 13.1. The Balaban J connectivity index is 1.77. The van der Waals surface area contributed by atoms with Gasteiger partial charge < -0.3 is 9.64 Å². The minimum absolute atomic E-state index is 0.0367. The van der Waals surface area contributed by atoms with Gasteiger partial charge in [0, 0.05) is 15.3 Å². The maximum absolute atomic E-state index is 12.9. The summed E-state index contributed by atoms with van der Waals surface area (Å²) in [6, 6.07) is 13.7. The van der Waals surface area contributed by atoms with Gasteiger partial charge in [-0.25, -0.2) is 0 Å². The van der Waals surface area contributed by atoms with Crippen LogP contribution in [0.25, 0.3) is 0 Å². The van der Waals surface area contributed by atoms with E-state index in [0.717, 1.165) is 9.75 Å². The first-order valence-corrected chi connectivity index (χ1v) is 9.26. The van der Waals surface area contributed by atoms with Gasteiger partial charge in [-0.05, 0) is 47.2 Å². The molecule has 0 radical (unpaired) electrons. The van der Waals surface area contributed by atoms with Crippen LogP contribution in [0.1, 0.15) is 20.1 Å². The number of hydrogen-bond donors (Lipinski definition) is 0. The molecule has 1 amide bonds. The van der Waals surface area contributed by atoms with Crippen molar-refractivity contribution in [3.63, 3.8) is 0 Å². The van der Waals surface area contributed by atoms with Gasteiger partial charge in [-0.2, -0.15) is 8.78 Å². The molecule has 0 spiro atoms. The van der Waals surface area contributed by atoms with Crippen LogP contribution in [0, 0.1) is 0 Å². The fourth-order valence-electron chi connectivity index (χ4n) is 2.34. The summed E-state index contributed by atoms with van der Waals surface area (Å²) in [6.07, 6.45) is 0. The topological polar surface area (TPSA) is 29.5 Å². The van der Waals surface area contributed by atoms with E-state index >= 15 is 0 Å². The third-order valence-electron chi connectivity index (χ3n) is 3.47. The maximum Gasteiger partial charge on any atom is 0.387 e. The zero-order chi connectivity index (χ0) is 17.6. The van der Waals surface area contributed by atoms with Crippen LogP contribution in [0.15, 0.2) is 59.3 Å². The summed E-state index contributed by atoms with van der Waals surface area (Å²) in [6.45, 7) is -1.87. The van der Waals surface area contributed by atoms with Crippen molar-refractivity contribution in [3.05, 3.63) is 74.6 Å². The lowest BCUT2D eigenvalue weighted by Gasteiger charge is -2.22. The van der Waals surface area contributed by atoms with Crippen LogP contribution >= 0.6 is 22.7 Å². The van der Waals surface area contributed by atoms with E-state index < -0.39 is 6.61 Å². The molecule has 2 aromatic heterocycles. The van der Waals surface area contributed by atoms with E-state index in [4.69, 9.17) is 0 Å². The van der Waals surface area contributed by atoms with Gasteiger partial charge in [0.25, 0.3) is 5.91 Å². The standard InChI is InChI=1S/C18H15F2NO2S2/c19-18(20)23-14-7-5-13(6-8-14)17(22)21(11-15-3-1-9-24-15)12-16-4-2-10-25-16/h1-10,18H,11-12H2. The second-order valence-corrected chi connectivity index (χ2v) is 7.29. The first-order chi connectivity index (χ1) is 12.1. The summed E-state index contributed by atoms with van der Waals surface area (Å²) < 4.78 is 28.8. The molecule has 0 fully saturated rings. The van der Waals surface area contributed by atoms with E-state index in [1.165, 1.54) is 24.3 Å². The Kier molecular flexibility index (Phi) is 5.78. The van der Waals surface area contributed by atoms with Crippen molar-refractivity contribution in [1.82, 2.24) is 4.90 Å². The van der Waals surface area contributed by atoms with Crippen molar-refractivity contribution < 1.29 is 18.3 Å². The molecule has 1 aromatic carbocycles. The summed E-state index contributed by atoms with van der Waals surface area (Å²) >= 11 is 3.18. The zero-order valence-corrected chi connectivity index (χ0v) is 14.7. The molecule has 0 unspecified atom stereocenters. The number of amides is 1. The number of carbonyl (C=O) groups is 1. The van der Waals surface area contributed by atoms with Gasteiger partial charge >= 0.3 is 6.61 Å². The number of carbonyl (C=O) groups excluding carboxylic acids is 1. The predicted molar refractivity (Wildman–Crippen MR) is 95.3 cm³/mol. The molecular formula is C18H15F2NO2S2. The van der Waals surface area contributed by atoms with Crippen molar-refractivity contribution in [2.75, 3.05) is 0 Å². The number of thiophene rings is 2. The van der Waals surface area contributed by atoms with Crippen LogP contribution in [0.2, 0.25) is 0 Å². The lowest BCUT2D eigenvalue weighted by atomic mass is 10.2. The van der Waals surface area contributed by atoms with Crippen LogP contribution in [-0.2, 0) is 13.1 Å². The molecule has 0 saturated heterocycles. The average molecular weight is 379 g/mol. The molecule has 3 rings (SSSR count). The minimum atomic E-state index is -2.88. The summed E-state index contributed by atoms with van der Waals surface area (Å²) in [5.74, 6) is -0.111. The maximum atomic E-state index is 12.9. The summed E-state index contributed by atoms with van der Waals surface area (Å²) in [5, 5.41) is 3.94. The van der Waals surface area contributed by atoms with Crippen molar-refractivity contribution in [3.8, 4) is 5.75 Å². The highest BCUT2D eigenvalue weighted by Crippen LogP contribution is 2.21. The van der Waals surface area contributed by atoms with Crippen LogP contribution in [0.4, 0.5) is 8.78 Å². The summed E-state index contributed by atoms with van der Waals surface area (Å²) in [7, 11) is 0. The Hall–Kier alpha value is -2.25. The third kappa shape index (κ3) is 4.87. The van der Waals surface area contributed by atoms with Gasteiger partial charge in [0.05, 0.1) is 13.1 Å². The molecular weight excluding hydrogens is 364 g/mol. The predicted octanol–water partition coefficient (Wildman–Crippen LogP) is 5.25. The second kappa shape index (κ2) is 8.22. The summed E-state index contributed by atoms with van der Waals surface area (Å²) in [5.41, 5.74) is 0.440. The number of alkyl halides is 2. The van der Waals surface area contributed by atoms with Gasteiger partial charge in [-0.3, -0.25) is 4.79 Å². The van der Waals surface area contributed by atoms with Gasteiger partial charge in [-0.15, -0.1) is 22.7 Å². The normalized spacial score (nSPS) is 10.8. The molecule has 0 saturated carbocycles. The average Bonchev–Trinajstić information content (AvgIpc) is 3.28. The van der Waals surface area contributed by atoms with Crippen molar-refractivity contribution in [2.45, 2.75) is 19.7 Å². The van der Waals surface area contributed by atoms with Crippen LogP contribution in [0.3, 0.4) is 0 Å². The van der Waals surface area contributed by atoms with E-state index in [2.05, 4.69) is 4.74 Å². The quantitative estimate of drug-likeness (QED) is 0.561. The fraction of sp³-hybridized carbons (Fsp3) is 0.167. The number of nitrogens with zero attached hydrogens (tertiary/aromatic N) is 1. The number of halogens is 2. The number of rotatable bonds is 7. The number of benzene rings is 1. The van der Waals surface area contributed by atoms with Crippen LogP contribution in [-0.4, -0.2) is 17.4 Å². The minimum Gasteiger partial charge on any atom is -0.435 e. The first-order valence-electron chi connectivity index (χ1n) is 7.51. The molecule has 25 heavy (non-hydrogen) atoms. The monoisotopic (exact) mass is 379 g/mol. The van der Waals surface area contributed by atoms with E-state index in [1.54, 1.807) is 27.6 Å². The van der Waals surface area contributed by atoms with Crippen molar-refractivity contribution in [1.29, 1.82) is 0 Å². The van der Waals surface area contributed by atoms with Gasteiger partial charge in [0.1, 0.15) is 5.75 Å². The molecule has 0 bridgehead atoms. The highest BCUT2D eigenvalue weighted by Gasteiger charge is 2.18. The molecule has 2 heterocycles. The molecule has 0 N–H and O–H groups in total. The van der Waals surface area contributed by atoms with Gasteiger partial charge in [0.2, 0.25) is 0 Å². The largest absolute Gasteiger partial charge is 0.435 e. The molecule has 130 valence electrons. The van der Waals surface area contributed by atoms with Crippen LogP contribution < -0.4 is 4.74 Å². The van der Waals surface area contributed by atoms with Gasteiger partial charge in [0.15, 0.2) is 0 Å². The lowest BCUT2D eigenvalue weighted by molar-refractivity contribution is -0.0498. The first kappa shape index (κ1) is 17.6. The Morgan fingerprint density at radius 3 is 1.96 bits per heavy atom. The van der Waals surface area contributed by atoms with E-state index in [9.17, 15) is 13.6 Å². The number of ether oxygens (including phenoxy) is 1. The van der Waals surface area contributed by atoms with Gasteiger partial charge in [-0.1, -0.05) is 12.1 Å².